The molecule has 0 saturated heterocycles. The van der Waals surface area contributed by atoms with Crippen LogP contribution in [0.25, 0.3) is 11.3 Å². The van der Waals surface area contributed by atoms with E-state index in [1.165, 1.54) is 23.9 Å². The highest BCUT2D eigenvalue weighted by Gasteiger charge is 2.39. The van der Waals surface area contributed by atoms with E-state index in [1.807, 2.05) is 44.2 Å². The first kappa shape index (κ1) is 18.7. The average molecular weight is 399 g/mol. The normalized spacial score (nSPS) is 22.1. The molecule has 3 aromatic rings. The highest BCUT2D eigenvalue weighted by molar-refractivity contribution is 8.14. The number of nitrogens with two attached hydrogens (primary N) is 1. The molecular formula is C21H19F2N3OS. The van der Waals surface area contributed by atoms with Crippen molar-refractivity contribution >= 4 is 16.9 Å². The third-order valence-electron chi connectivity index (χ3n) is 4.99. The molecule has 144 valence electrons. The van der Waals surface area contributed by atoms with Gasteiger partial charge in [-0.3, -0.25) is 4.99 Å². The van der Waals surface area contributed by atoms with Crippen molar-refractivity contribution in [2.24, 2.45) is 10.7 Å². The molecule has 0 unspecified atom stereocenters. The van der Waals surface area contributed by atoms with E-state index in [9.17, 15) is 8.78 Å². The van der Waals surface area contributed by atoms with Crippen molar-refractivity contribution in [3.63, 3.8) is 0 Å². The molecule has 0 radical (unpaired) electrons. The maximum Gasteiger partial charge on any atom is 0.155 e. The van der Waals surface area contributed by atoms with E-state index in [0.717, 1.165) is 22.9 Å². The Hall–Kier alpha value is -2.67. The Bertz CT molecular complexity index is 1050. The number of thioether (sulfide) groups is 1. The van der Waals surface area contributed by atoms with Crippen LogP contribution in [0.2, 0.25) is 0 Å². The van der Waals surface area contributed by atoms with E-state index in [2.05, 4.69) is 10.1 Å². The second-order valence-corrected chi connectivity index (χ2v) is 8.25. The van der Waals surface area contributed by atoms with E-state index in [0.29, 0.717) is 22.9 Å². The summed E-state index contributed by atoms with van der Waals surface area (Å²) in [5.41, 5.74) is 8.12. The van der Waals surface area contributed by atoms with Gasteiger partial charge >= 0.3 is 0 Å². The molecule has 7 heteroatoms. The Labute approximate surface area is 165 Å². The predicted molar refractivity (Wildman–Crippen MR) is 107 cm³/mol. The fourth-order valence-electron chi connectivity index (χ4n) is 3.68. The zero-order valence-corrected chi connectivity index (χ0v) is 16.3. The minimum atomic E-state index is -0.921. The molecule has 2 heterocycles. The standard InChI is InChI=1S/C21H19F2N3OS/c1-12-18(19(26-27-12)13-6-4-3-5-7-13)17-11-21(2,25-20(24)28-17)15-9-8-14(22)10-16(15)23/h3-10,17H,11H2,1-2H3,(H2,24,25)/t17-,21-/m0/s1. The lowest BCUT2D eigenvalue weighted by Gasteiger charge is -2.35. The van der Waals surface area contributed by atoms with Crippen molar-refractivity contribution in [1.29, 1.82) is 0 Å². The van der Waals surface area contributed by atoms with Crippen LogP contribution in [0.1, 0.15) is 35.5 Å². The van der Waals surface area contributed by atoms with Gasteiger partial charge in [-0.2, -0.15) is 0 Å². The van der Waals surface area contributed by atoms with Crippen molar-refractivity contribution in [3.8, 4) is 11.3 Å². The molecule has 2 atom stereocenters. The van der Waals surface area contributed by atoms with Gasteiger partial charge in [-0.25, -0.2) is 8.78 Å². The molecular weight excluding hydrogens is 380 g/mol. The minimum Gasteiger partial charge on any atom is -0.378 e. The molecule has 4 nitrogen and oxygen atoms in total. The van der Waals surface area contributed by atoms with Gasteiger partial charge in [0.2, 0.25) is 0 Å². The molecule has 2 N–H and O–H groups in total. The zero-order valence-electron chi connectivity index (χ0n) is 15.4. The Kier molecular flexibility index (Phi) is 4.71. The van der Waals surface area contributed by atoms with Gasteiger partial charge in [-0.1, -0.05) is 53.3 Å². The van der Waals surface area contributed by atoms with Crippen molar-refractivity contribution in [2.75, 3.05) is 0 Å². The highest BCUT2D eigenvalue weighted by Crippen LogP contribution is 2.49. The third-order valence-corrected chi connectivity index (χ3v) is 6.01. The van der Waals surface area contributed by atoms with Gasteiger partial charge in [-0.05, 0) is 26.3 Å². The molecule has 4 rings (SSSR count). The van der Waals surface area contributed by atoms with Gasteiger partial charge in [0.05, 0.1) is 5.54 Å². The molecule has 0 amide bonds. The summed E-state index contributed by atoms with van der Waals surface area (Å²) in [5, 5.41) is 4.46. The molecule has 0 bridgehead atoms. The van der Waals surface area contributed by atoms with Crippen molar-refractivity contribution in [3.05, 3.63) is 77.1 Å². The van der Waals surface area contributed by atoms with Crippen LogP contribution in [-0.2, 0) is 5.54 Å². The number of hydrogen-bond acceptors (Lipinski definition) is 5. The number of aliphatic imine (C=N–C) groups is 1. The van der Waals surface area contributed by atoms with Crippen LogP contribution >= 0.6 is 11.8 Å². The number of aryl methyl sites for hydroxylation is 1. The summed E-state index contributed by atoms with van der Waals surface area (Å²) in [6.07, 6.45) is 0.475. The van der Waals surface area contributed by atoms with Crippen molar-refractivity contribution in [2.45, 2.75) is 31.1 Å². The maximum absolute atomic E-state index is 14.5. The monoisotopic (exact) mass is 399 g/mol. The molecule has 0 fully saturated rings. The topological polar surface area (TPSA) is 64.4 Å². The zero-order chi connectivity index (χ0) is 19.9. The first-order chi connectivity index (χ1) is 13.4. The summed E-state index contributed by atoms with van der Waals surface area (Å²) in [6, 6.07) is 13.3. The van der Waals surface area contributed by atoms with Crippen LogP contribution in [0.15, 0.2) is 58.0 Å². The Morgan fingerprint density at radius 1 is 1.18 bits per heavy atom. The van der Waals surface area contributed by atoms with E-state index < -0.39 is 17.2 Å². The molecule has 2 aromatic carbocycles. The second-order valence-electron chi connectivity index (χ2n) is 7.03. The van der Waals surface area contributed by atoms with E-state index in [-0.39, 0.29) is 5.25 Å². The maximum atomic E-state index is 14.5. The summed E-state index contributed by atoms with van der Waals surface area (Å²) >= 11 is 1.40. The summed E-state index contributed by atoms with van der Waals surface area (Å²) in [4.78, 5) is 4.51. The fourth-order valence-corrected chi connectivity index (χ4v) is 5.03. The molecule has 28 heavy (non-hydrogen) atoms. The number of aromatic nitrogens is 1. The van der Waals surface area contributed by atoms with E-state index >= 15 is 0 Å². The van der Waals surface area contributed by atoms with Crippen LogP contribution in [0, 0.1) is 18.6 Å². The number of rotatable bonds is 3. The summed E-state index contributed by atoms with van der Waals surface area (Å²) in [7, 11) is 0. The summed E-state index contributed by atoms with van der Waals surface area (Å²) in [6.45, 7) is 3.67. The summed E-state index contributed by atoms with van der Waals surface area (Å²) in [5.74, 6) is -0.562. The highest BCUT2D eigenvalue weighted by atomic mass is 32.2. The van der Waals surface area contributed by atoms with Gasteiger partial charge in [0.25, 0.3) is 0 Å². The van der Waals surface area contributed by atoms with Crippen LogP contribution in [0.5, 0.6) is 0 Å². The van der Waals surface area contributed by atoms with Crippen LogP contribution in [-0.4, -0.2) is 10.3 Å². The minimum absolute atomic E-state index is 0.131. The van der Waals surface area contributed by atoms with E-state index in [1.54, 1.807) is 0 Å². The van der Waals surface area contributed by atoms with Gasteiger partial charge in [0.1, 0.15) is 23.1 Å². The second kappa shape index (κ2) is 7.05. The largest absolute Gasteiger partial charge is 0.378 e. The SMILES string of the molecule is Cc1onc(-c2ccccc2)c1[C@@H]1C[C@@](C)(c2ccc(F)cc2F)N=C(N)S1. The number of benzene rings is 2. The van der Waals surface area contributed by atoms with Gasteiger partial charge in [0.15, 0.2) is 5.17 Å². The predicted octanol–water partition coefficient (Wildman–Crippen LogP) is 5.34. The fraction of sp³-hybridized carbons (Fsp3) is 0.238. The van der Waals surface area contributed by atoms with Crippen molar-refractivity contribution < 1.29 is 13.3 Å². The first-order valence-corrected chi connectivity index (χ1v) is 9.74. The Morgan fingerprint density at radius 2 is 1.93 bits per heavy atom. The van der Waals surface area contributed by atoms with Crippen LogP contribution < -0.4 is 5.73 Å². The number of amidine groups is 1. The van der Waals surface area contributed by atoms with Crippen LogP contribution in [0.4, 0.5) is 8.78 Å². The molecule has 1 aromatic heterocycles. The Morgan fingerprint density at radius 3 is 2.64 bits per heavy atom. The van der Waals surface area contributed by atoms with E-state index in [4.69, 9.17) is 10.3 Å². The smallest absolute Gasteiger partial charge is 0.155 e. The Balaban J connectivity index is 1.78. The number of hydrogen-bond donors (Lipinski definition) is 1. The lowest BCUT2D eigenvalue weighted by Crippen LogP contribution is -2.31. The number of halogens is 2. The lowest BCUT2D eigenvalue weighted by atomic mass is 9.85. The van der Waals surface area contributed by atoms with Crippen molar-refractivity contribution in [1.82, 2.24) is 5.16 Å². The first-order valence-electron chi connectivity index (χ1n) is 8.86. The summed E-state index contributed by atoms with van der Waals surface area (Å²) < 4.78 is 33.4. The molecule has 1 aliphatic rings. The quantitative estimate of drug-likeness (QED) is 0.646. The third kappa shape index (κ3) is 3.30. The molecule has 1 aliphatic heterocycles. The lowest BCUT2D eigenvalue weighted by molar-refractivity contribution is 0.393. The number of nitrogens with zero attached hydrogens (tertiary/aromatic N) is 2. The van der Waals surface area contributed by atoms with Gasteiger partial charge in [0, 0.05) is 28.0 Å². The van der Waals surface area contributed by atoms with Crippen LogP contribution in [0.3, 0.4) is 0 Å². The molecule has 0 saturated carbocycles. The average Bonchev–Trinajstić information content (AvgIpc) is 3.03. The van der Waals surface area contributed by atoms with Gasteiger partial charge < -0.3 is 10.3 Å². The molecule has 0 spiro atoms. The van der Waals surface area contributed by atoms with Gasteiger partial charge in [-0.15, -0.1) is 0 Å². The molecule has 0 aliphatic carbocycles.